The highest BCUT2D eigenvalue weighted by Gasteiger charge is 2.31. The lowest BCUT2D eigenvalue weighted by molar-refractivity contribution is 0.0165. The summed E-state index contributed by atoms with van der Waals surface area (Å²) in [7, 11) is 0. The minimum atomic E-state index is -0.892. The van der Waals surface area contributed by atoms with Crippen LogP contribution in [0.4, 0.5) is 4.79 Å². The van der Waals surface area contributed by atoms with Gasteiger partial charge in [0.15, 0.2) is 0 Å². The molecule has 3 N–H and O–H groups in total. The van der Waals surface area contributed by atoms with Gasteiger partial charge in [0.05, 0.1) is 11.6 Å². The predicted molar refractivity (Wildman–Crippen MR) is 84.0 cm³/mol. The summed E-state index contributed by atoms with van der Waals surface area (Å²) in [6.07, 6.45) is 0.991. The molecule has 21 heavy (non-hydrogen) atoms. The van der Waals surface area contributed by atoms with Crippen molar-refractivity contribution in [1.29, 1.82) is 0 Å². The number of benzene rings is 1. The molecule has 1 aliphatic rings. The highest BCUT2D eigenvalue weighted by molar-refractivity contribution is 5.74. The maximum atomic E-state index is 12.1. The van der Waals surface area contributed by atoms with E-state index in [1.807, 2.05) is 26.0 Å². The van der Waals surface area contributed by atoms with E-state index in [2.05, 4.69) is 29.7 Å². The summed E-state index contributed by atoms with van der Waals surface area (Å²) in [5, 5.41) is 16.0. The van der Waals surface area contributed by atoms with Crippen molar-refractivity contribution in [3.8, 4) is 0 Å². The van der Waals surface area contributed by atoms with Crippen LogP contribution < -0.4 is 10.6 Å². The smallest absolute Gasteiger partial charge is 0.315 e. The summed E-state index contributed by atoms with van der Waals surface area (Å²) >= 11 is 0. The molecule has 116 valence electrons. The number of carbonyl (C=O) groups excluding carboxylic acids is 1. The van der Waals surface area contributed by atoms with Gasteiger partial charge in [-0.15, -0.1) is 0 Å². The van der Waals surface area contributed by atoms with Gasteiger partial charge >= 0.3 is 6.03 Å². The van der Waals surface area contributed by atoms with Crippen molar-refractivity contribution in [2.45, 2.75) is 45.8 Å². The van der Waals surface area contributed by atoms with E-state index in [0.29, 0.717) is 5.92 Å². The number of aliphatic hydroxyl groups is 1. The Morgan fingerprint density at radius 1 is 1.43 bits per heavy atom. The molecule has 0 aromatic heterocycles. The Morgan fingerprint density at radius 3 is 2.76 bits per heavy atom. The van der Waals surface area contributed by atoms with Crippen molar-refractivity contribution in [1.82, 2.24) is 10.6 Å². The fourth-order valence-corrected chi connectivity index (χ4v) is 2.67. The van der Waals surface area contributed by atoms with Crippen LogP contribution in [-0.2, 0) is 6.42 Å². The zero-order chi connectivity index (χ0) is 15.6. The first-order valence-corrected chi connectivity index (χ1v) is 7.66. The summed E-state index contributed by atoms with van der Waals surface area (Å²) in [5.41, 5.74) is 1.62. The first-order valence-electron chi connectivity index (χ1n) is 7.66. The van der Waals surface area contributed by atoms with Gasteiger partial charge in [0.25, 0.3) is 0 Å². The molecular weight excluding hydrogens is 264 g/mol. The van der Waals surface area contributed by atoms with Crippen molar-refractivity contribution in [3.05, 3.63) is 35.4 Å². The number of rotatable bonds is 4. The van der Waals surface area contributed by atoms with Gasteiger partial charge in [0, 0.05) is 6.54 Å². The zero-order valence-electron chi connectivity index (χ0n) is 13.3. The van der Waals surface area contributed by atoms with E-state index in [0.717, 1.165) is 6.42 Å². The number of amides is 2. The fourth-order valence-electron chi connectivity index (χ4n) is 2.67. The third kappa shape index (κ3) is 3.56. The van der Waals surface area contributed by atoms with E-state index in [1.165, 1.54) is 11.1 Å². The van der Waals surface area contributed by atoms with Crippen LogP contribution in [-0.4, -0.2) is 23.3 Å². The van der Waals surface area contributed by atoms with E-state index in [1.54, 1.807) is 6.92 Å². The minimum absolute atomic E-state index is 0.0465. The Hall–Kier alpha value is -1.55. The van der Waals surface area contributed by atoms with Gasteiger partial charge in [-0.1, -0.05) is 45.0 Å². The summed E-state index contributed by atoms with van der Waals surface area (Å²) in [4.78, 5) is 12.1. The van der Waals surface area contributed by atoms with Crippen molar-refractivity contribution in [2.24, 2.45) is 11.8 Å². The molecule has 0 fully saturated rings. The van der Waals surface area contributed by atoms with Crippen molar-refractivity contribution in [3.63, 3.8) is 0 Å². The van der Waals surface area contributed by atoms with Crippen LogP contribution in [0.3, 0.4) is 0 Å². The average molecular weight is 290 g/mol. The molecule has 4 nitrogen and oxygen atoms in total. The molecule has 3 atom stereocenters. The van der Waals surface area contributed by atoms with Gasteiger partial charge in [-0.25, -0.2) is 4.79 Å². The summed E-state index contributed by atoms with van der Waals surface area (Å²) in [6.45, 7) is 8.02. The number of carbonyl (C=O) groups is 1. The Morgan fingerprint density at radius 2 is 2.10 bits per heavy atom. The summed E-state index contributed by atoms with van der Waals surface area (Å²) in [5.74, 6) is 0.475. The lowest BCUT2D eigenvalue weighted by Crippen LogP contribution is -2.48. The molecule has 2 rings (SSSR count). The second kappa shape index (κ2) is 6.06. The van der Waals surface area contributed by atoms with Crippen LogP contribution in [0.5, 0.6) is 0 Å². The SMILES string of the molecule is CC1Cc2ccccc2C1NC(=O)NCC(C)(O)C(C)C. The van der Waals surface area contributed by atoms with Gasteiger partial charge in [-0.3, -0.25) is 0 Å². The van der Waals surface area contributed by atoms with Crippen LogP contribution in [0.2, 0.25) is 0 Å². The largest absolute Gasteiger partial charge is 0.388 e. The van der Waals surface area contributed by atoms with Crippen LogP contribution in [0, 0.1) is 11.8 Å². The van der Waals surface area contributed by atoms with Crippen LogP contribution in [0.25, 0.3) is 0 Å². The molecule has 1 aromatic carbocycles. The molecule has 2 amide bonds. The highest BCUT2D eigenvalue weighted by Crippen LogP contribution is 2.35. The second-order valence-corrected chi connectivity index (χ2v) is 6.70. The average Bonchev–Trinajstić information content (AvgIpc) is 2.73. The molecule has 0 aliphatic heterocycles. The Bertz CT molecular complexity index is 511. The Labute approximate surface area is 126 Å². The van der Waals surface area contributed by atoms with E-state index in [-0.39, 0.29) is 24.5 Å². The Kier molecular flexibility index (Phi) is 4.57. The molecular formula is C17H26N2O2. The molecule has 0 saturated heterocycles. The molecule has 1 aromatic rings. The summed E-state index contributed by atoms with van der Waals surface area (Å²) in [6, 6.07) is 8.07. The topological polar surface area (TPSA) is 61.4 Å². The van der Waals surface area contributed by atoms with Gasteiger partial charge in [0.2, 0.25) is 0 Å². The molecule has 1 aliphatic carbocycles. The molecule has 0 radical (unpaired) electrons. The monoisotopic (exact) mass is 290 g/mol. The van der Waals surface area contributed by atoms with Gasteiger partial charge in [-0.05, 0) is 36.3 Å². The van der Waals surface area contributed by atoms with Gasteiger partial charge < -0.3 is 15.7 Å². The van der Waals surface area contributed by atoms with E-state index >= 15 is 0 Å². The minimum Gasteiger partial charge on any atom is -0.388 e. The maximum Gasteiger partial charge on any atom is 0.315 e. The molecule has 4 heteroatoms. The normalized spacial score (nSPS) is 23.5. The van der Waals surface area contributed by atoms with Crippen molar-refractivity contribution in [2.75, 3.05) is 6.54 Å². The first-order chi connectivity index (χ1) is 9.81. The Balaban J connectivity index is 1.95. The molecule has 0 heterocycles. The van der Waals surface area contributed by atoms with Gasteiger partial charge in [-0.2, -0.15) is 0 Å². The zero-order valence-corrected chi connectivity index (χ0v) is 13.3. The van der Waals surface area contributed by atoms with E-state index in [9.17, 15) is 9.90 Å². The van der Waals surface area contributed by atoms with Crippen LogP contribution in [0.15, 0.2) is 24.3 Å². The lowest BCUT2D eigenvalue weighted by atomic mass is 9.93. The first kappa shape index (κ1) is 15.8. The van der Waals surface area contributed by atoms with Crippen LogP contribution >= 0.6 is 0 Å². The molecule has 0 spiro atoms. The molecule has 0 saturated carbocycles. The predicted octanol–water partition coefficient (Wildman–Crippen LogP) is 2.63. The van der Waals surface area contributed by atoms with Crippen molar-refractivity contribution >= 4 is 6.03 Å². The number of fused-ring (bicyclic) bond motifs is 1. The standard InChI is InChI=1S/C17H26N2O2/c1-11(2)17(4,21)10-18-16(20)19-15-12(3)9-13-7-5-6-8-14(13)15/h5-8,11-12,15,21H,9-10H2,1-4H3,(H2,18,19,20). The van der Waals surface area contributed by atoms with E-state index < -0.39 is 5.60 Å². The summed E-state index contributed by atoms with van der Waals surface area (Å²) < 4.78 is 0. The van der Waals surface area contributed by atoms with Crippen molar-refractivity contribution < 1.29 is 9.90 Å². The van der Waals surface area contributed by atoms with Crippen LogP contribution in [0.1, 0.15) is 44.9 Å². The number of hydrogen-bond acceptors (Lipinski definition) is 2. The maximum absolute atomic E-state index is 12.1. The lowest BCUT2D eigenvalue weighted by Gasteiger charge is -2.28. The number of urea groups is 1. The highest BCUT2D eigenvalue weighted by atomic mass is 16.3. The third-order valence-electron chi connectivity index (χ3n) is 4.64. The number of nitrogens with one attached hydrogen (secondary N) is 2. The molecule has 0 bridgehead atoms. The third-order valence-corrected chi connectivity index (χ3v) is 4.64. The van der Waals surface area contributed by atoms with E-state index in [4.69, 9.17) is 0 Å². The molecule has 3 unspecified atom stereocenters. The number of hydrogen-bond donors (Lipinski definition) is 3. The fraction of sp³-hybridized carbons (Fsp3) is 0.588. The van der Waals surface area contributed by atoms with Gasteiger partial charge in [0.1, 0.15) is 0 Å². The quantitative estimate of drug-likeness (QED) is 0.798. The second-order valence-electron chi connectivity index (χ2n) is 6.70.